The number of halogens is 1. The minimum absolute atomic E-state index is 0.0141. The zero-order valence-corrected chi connectivity index (χ0v) is 22.8. The molecular formula is C32H37FO5. The third-order valence-electron chi connectivity index (χ3n) is 7.62. The molecule has 5 nitrogen and oxygen atoms in total. The summed E-state index contributed by atoms with van der Waals surface area (Å²) < 4.78 is 26.3. The Balaban J connectivity index is 1.62. The molecule has 3 aromatic carbocycles. The number of methoxy groups -OCH3 is 1. The second-order valence-corrected chi connectivity index (χ2v) is 11.7. The van der Waals surface area contributed by atoms with Crippen LogP contribution in [0.1, 0.15) is 75.7 Å². The third-order valence-corrected chi connectivity index (χ3v) is 7.62. The summed E-state index contributed by atoms with van der Waals surface area (Å²) in [5, 5.41) is 20.7. The molecule has 3 aromatic rings. The van der Waals surface area contributed by atoms with Gasteiger partial charge in [0, 0.05) is 5.56 Å². The zero-order valence-electron chi connectivity index (χ0n) is 22.8. The van der Waals surface area contributed by atoms with Crippen LogP contribution in [0.25, 0.3) is 11.1 Å². The van der Waals surface area contributed by atoms with E-state index in [1.165, 1.54) is 13.2 Å². The first-order chi connectivity index (χ1) is 17.9. The zero-order chi connectivity index (χ0) is 27.7. The van der Waals surface area contributed by atoms with Gasteiger partial charge in [-0.1, -0.05) is 52.0 Å². The highest BCUT2D eigenvalue weighted by molar-refractivity contribution is 5.71. The highest BCUT2D eigenvalue weighted by Crippen LogP contribution is 2.57. The molecule has 1 saturated carbocycles. The van der Waals surface area contributed by atoms with Gasteiger partial charge >= 0.3 is 5.97 Å². The fourth-order valence-corrected chi connectivity index (χ4v) is 4.95. The Morgan fingerprint density at radius 2 is 1.76 bits per heavy atom. The van der Waals surface area contributed by atoms with Gasteiger partial charge < -0.3 is 19.7 Å². The fourth-order valence-electron chi connectivity index (χ4n) is 4.95. The Morgan fingerprint density at radius 1 is 1.03 bits per heavy atom. The summed E-state index contributed by atoms with van der Waals surface area (Å²) in [6.07, 6.45) is 1.29. The third kappa shape index (κ3) is 6.18. The van der Waals surface area contributed by atoms with Crippen molar-refractivity contribution < 1.29 is 28.9 Å². The molecule has 0 heterocycles. The molecular weight excluding hydrogens is 483 g/mol. The number of ether oxygens (including phenoxy) is 2. The standard InChI is InChI=1S/C32H37FO5/c1-31(2,3)30(36)26-15-20(9-11-24(26)25-17-22(37-5)10-12-28(25)33)19-38-23-8-6-7-21(16-23)27(18-29(34)35)32(4)13-14-32/h6-12,15-17,27,30,36H,13-14,18-19H2,1-5H3,(H,34,35)/t27-,30?/m0/s1. The minimum atomic E-state index is -0.845. The lowest BCUT2D eigenvalue weighted by atomic mass is 9.81. The molecule has 0 bridgehead atoms. The number of hydrogen-bond donors (Lipinski definition) is 2. The first-order valence-electron chi connectivity index (χ1n) is 13.0. The number of carboxylic acid groups (broad SMARTS) is 1. The van der Waals surface area contributed by atoms with Gasteiger partial charge in [-0.25, -0.2) is 4.39 Å². The number of aliphatic hydroxyl groups is 1. The molecule has 0 spiro atoms. The summed E-state index contributed by atoms with van der Waals surface area (Å²) in [6.45, 7) is 8.20. The van der Waals surface area contributed by atoms with E-state index in [2.05, 4.69) is 6.92 Å². The summed E-state index contributed by atoms with van der Waals surface area (Å²) in [7, 11) is 1.53. The average Bonchev–Trinajstić information content (AvgIpc) is 3.63. The maximum atomic E-state index is 14.9. The minimum Gasteiger partial charge on any atom is -0.497 e. The van der Waals surface area contributed by atoms with Gasteiger partial charge in [-0.05, 0) is 88.2 Å². The number of carboxylic acids is 1. The van der Waals surface area contributed by atoms with Crippen molar-refractivity contribution in [2.75, 3.05) is 7.11 Å². The van der Waals surface area contributed by atoms with Gasteiger partial charge in [-0.2, -0.15) is 0 Å². The predicted octanol–water partition coefficient (Wildman–Crippen LogP) is 7.52. The summed E-state index contributed by atoms with van der Waals surface area (Å²) in [4.78, 5) is 11.5. The van der Waals surface area contributed by atoms with E-state index in [0.717, 1.165) is 24.0 Å². The highest BCUT2D eigenvalue weighted by Gasteiger charge is 2.46. The molecule has 0 saturated heterocycles. The number of rotatable bonds is 10. The predicted molar refractivity (Wildman–Crippen MR) is 146 cm³/mol. The lowest BCUT2D eigenvalue weighted by molar-refractivity contribution is -0.137. The molecule has 2 N–H and O–H groups in total. The van der Waals surface area contributed by atoms with E-state index in [1.807, 2.05) is 63.2 Å². The van der Waals surface area contributed by atoms with Gasteiger partial charge in [0.25, 0.3) is 0 Å². The summed E-state index contributed by atoms with van der Waals surface area (Å²) in [6, 6.07) is 17.8. The fraction of sp³-hybridized carbons (Fsp3) is 0.406. The van der Waals surface area contributed by atoms with Crippen LogP contribution in [0.15, 0.2) is 60.7 Å². The van der Waals surface area contributed by atoms with Crippen molar-refractivity contribution in [1.82, 2.24) is 0 Å². The molecule has 202 valence electrons. The van der Waals surface area contributed by atoms with Crippen molar-refractivity contribution in [3.8, 4) is 22.6 Å². The van der Waals surface area contributed by atoms with Crippen molar-refractivity contribution in [2.24, 2.45) is 10.8 Å². The molecule has 0 aliphatic heterocycles. The lowest BCUT2D eigenvalue weighted by Gasteiger charge is -2.28. The van der Waals surface area contributed by atoms with Gasteiger partial charge in [-0.15, -0.1) is 0 Å². The van der Waals surface area contributed by atoms with Gasteiger partial charge in [0.2, 0.25) is 0 Å². The number of benzene rings is 3. The van der Waals surface area contributed by atoms with Crippen LogP contribution >= 0.6 is 0 Å². The second-order valence-electron chi connectivity index (χ2n) is 11.7. The van der Waals surface area contributed by atoms with Crippen LogP contribution in [0.2, 0.25) is 0 Å². The molecule has 0 amide bonds. The number of aliphatic hydroxyl groups excluding tert-OH is 1. The van der Waals surface area contributed by atoms with Crippen LogP contribution in [-0.4, -0.2) is 23.3 Å². The van der Waals surface area contributed by atoms with Crippen molar-refractivity contribution in [3.63, 3.8) is 0 Å². The van der Waals surface area contributed by atoms with E-state index in [-0.39, 0.29) is 24.4 Å². The first kappa shape index (κ1) is 27.6. The summed E-state index contributed by atoms with van der Waals surface area (Å²) in [5.74, 6) is -0.0653. The smallest absolute Gasteiger partial charge is 0.303 e. The van der Waals surface area contributed by atoms with E-state index < -0.39 is 23.3 Å². The maximum Gasteiger partial charge on any atom is 0.303 e. The Kier molecular flexibility index (Phi) is 7.84. The molecule has 2 atom stereocenters. The van der Waals surface area contributed by atoms with Gasteiger partial charge in [0.1, 0.15) is 23.9 Å². The monoisotopic (exact) mass is 520 g/mol. The normalized spacial score (nSPS) is 16.0. The van der Waals surface area contributed by atoms with Crippen LogP contribution in [0, 0.1) is 16.6 Å². The van der Waals surface area contributed by atoms with Crippen LogP contribution in [0.5, 0.6) is 11.5 Å². The van der Waals surface area contributed by atoms with Crippen LogP contribution < -0.4 is 9.47 Å². The van der Waals surface area contributed by atoms with Crippen LogP contribution in [0.3, 0.4) is 0 Å². The lowest BCUT2D eigenvalue weighted by Crippen LogP contribution is -2.19. The molecule has 0 radical (unpaired) electrons. The second kappa shape index (κ2) is 10.8. The SMILES string of the molecule is COc1ccc(F)c(-c2ccc(COc3cccc([C@H](CC(=O)O)C4(C)CC4)c3)cc2C(O)C(C)(C)C)c1. The van der Waals surface area contributed by atoms with Gasteiger partial charge in [0.15, 0.2) is 0 Å². The van der Waals surface area contributed by atoms with Crippen LogP contribution in [0.4, 0.5) is 4.39 Å². The quantitative estimate of drug-likeness (QED) is 0.289. The summed E-state index contributed by atoms with van der Waals surface area (Å²) in [5.41, 5.74) is 2.91. The number of aliphatic carboxylic acids is 1. The van der Waals surface area contributed by atoms with Crippen molar-refractivity contribution in [1.29, 1.82) is 0 Å². The number of carbonyl (C=O) groups is 1. The van der Waals surface area contributed by atoms with Crippen LogP contribution in [-0.2, 0) is 11.4 Å². The van der Waals surface area contributed by atoms with E-state index in [9.17, 15) is 19.4 Å². The number of hydrogen-bond acceptors (Lipinski definition) is 4. The summed E-state index contributed by atoms with van der Waals surface area (Å²) >= 11 is 0. The Hall–Kier alpha value is -3.38. The van der Waals surface area contributed by atoms with Crippen molar-refractivity contribution in [3.05, 3.63) is 83.2 Å². The van der Waals surface area contributed by atoms with E-state index in [4.69, 9.17) is 9.47 Å². The molecule has 6 heteroatoms. The van der Waals surface area contributed by atoms with Gasteiger partial charge in [-0.3, -0.25) is 4.79 Å². The Morgan fingerprint density at radius 3 is 2.39 bits per heavy atom. The van der Waals surface area contributed by atoms with E-state index in [1.54, 1.807) is 12.1 Å². The Labute approximate surface area is 224 Å². The van der Waals surface area contributed by atoms with E-state index >= 15 is 0 Å². The molecule has 0 aromatic heterocycles. The average molecular weight is 521 g/mol. The molecule has 1 aliphatic carbocycles. The maximum absolute atomic E-state index is 14.9. The molecule has 1 unspecified atom stereocenters. The van der Waals surface area contributed by atoms with E-state index in [0.29, 0.717) is 28.2 Å². The molecule has 38 heavy (non-hydrogen) atoms. The topological polar surface area (TPSA) is 76.0 Å². The van der Waals surface area contributed by atoms with Crippen molar-refractivity contribution >= 4 is 5.97 Å². The molecule has 1 aliphatic rings. The Bertz CT molecular complexity index is 1310. The molecule has 1 fully saturated rings. The highest BCUT2D eigenvalue weighted by atomic mass is 19.1. The molecule has 4 rings (SSSR count). The van der Waals surface area contributed by atoms with Crippen molar-refractivity contribution in [2.45, 2.75) is 65.6 Å². The first-order valence-corrected chi connectivity index (χ1v) is 13.0. The van der Waals surface area contributed by atoms with Gasteiger partial charge in [0.05, 0.1) is 19.6 Å². The largest absolute Gasteiger partial charge is 0.497 e.